The number of nitrogens with one attached hydrogen (secondary N) is 3. The van der Waals surface area contributed by atoms with Gasteiger partial charge in [0, 0.05) is 30.4 Å². The molecule has 0 saturated carbocycles. The summed E-state index contributed by atoms with van der Waals surface area (Å²) in [6.07, 6.45) is 0.758. The number of fused-ring (bicyclic) bond motifs is 2. The van der Waals surface area contributed by atoms with Gasteiger partial charge in [-0.2, -0.15) is 0 Å². The van der Waals surface area contributed by atoms with Gasteiger partial charge >= 0.3 is 6.03 Å². The highest BCUT2D eigenvalue weighted by Gasteiger charge is 2.23. The number of carbonyl (C=O) groups is 2. The zero-order chi connectivity index (χ0) is 20.4. The number of urea groups is 1. The number of thiazole rings is 2. The van der Waals surface area contributed by atoms with E-state index in [1.54, 1.807) is 0 Å². The third-order valence-electron chi connectivity index (χ3n) is 4.36. The molecule has 1 aromatic carbocycles. The van der Waals surface area contributed by atoms with Gasteiger partial charge in [-0.25, -0.2) is 14.8 Å². The number of amides is 3. The maximum atomic E-state index is 12.5. The molecule has 10 heteroatoms. The molecule has 0 radical (unpaired) electrons. The van der Waals surface area contributed by atoms with Crippen molar-refractivity contribution < 1.29 is 9.59 Å². The number of aromatic nitrogens is 2. The first-order chi connectivity index (χ1) is 14.0. The van der Waals surface area contributed by atoms with E-state index in [1.807, 2.05) is 38.1 Å². The second kappa shape index (κ2) is 8.44. The summed E-state index contributed by atoms with van der Waals surface area (Å²) in [6.45, 7) is 5.51. The van der Waals surface area contributed by atoms with E-state index in [9.17, 15) is 9.59 Å². The van der Waals surface area contributed by atoms with Crippen molar-refractivity contribution in [1.82, 2.24) is 20.2 Å². The Morgan fingerprint density at radius 1 is 1.14 bits per heavy atom. The molecule has 29 heavy (non-hydrogen) atoms. The van der Waals surface area contributed by atoms with Gasteiger partial charge in [-0.3, -0.25) is 15.0 Å². The molecule has 0 fully saturated rings. The summed E-state index contributed by atoms with van der Waals surface area (Å²) in [5, 5.41) is 9.68. The van der Waals surface area contributed by atoms with Crippen LogP contribution in [0.15, 0.2) is 24.3 Å². The Bertz CT molecular complexity index is 1010. The SMILES string of the molecule is CC(C)NC(=O)Nc1nc2c(s1)CN(CC(=O)Nc1nc3ccccc3s1)CC2. The Balaban J connectivity index is 1.33. The monoisotopic (exact) mass is 430 g/mol. The molecule has 0 aliphatic carbocycles. The van der Waals surface area contributed by atoms with E-state index in [0.717, 1.165) is 33.8 Å². The van der Waals surface area contributed by atoms with Gasteiger partial charge < -0.3 is 10.6 Å². The van der Waals surface area contributed by atoms with Crippen molar-refractivity contribution in [3.05, 3.63) is 34.8 Å². The summed E-state index contributed by atoms with van der Waals surface area (Å²) < 4.78 is 1.05. The molecular weight excluding hydrogens is 408 g/mol. The molecule has 0 atom stereocenters. The van der Waals surface area contributed by atoms with Crippen molar-refractivity contribution in [2.24, 2.45) is 0 Å². The molecule has 0 spiro atoms. The Labute approximate surface area is 176 Å². The number of para-hydroxylation sites is 1. The lowest BCUT2D eigenvalue weighted by Crippen LogP contribution is -2.36. The Kier molecular flexibility index (Phi) is 5.74. The first-order valence-electron chi connectivity index (χ1n) is 9.40. The Hall–Kier alpha value is -2.56. The minimum atomic E-state index is -0.252. The fraction of sp³-hybridized carbons (Fsp3) is 0.368. The zero-order valence-electron chi connectivity index (χ0n) is 16.2. The van der Waals surface area contributed by atoms with E-state index in [0.29, 0.717) is 23.4 Å². The van der Waals surface area contributed by atoms with Crippen LogP contribution in [0.1, 0.15) is 24.4 Å². The van der Waals surface area contributed by atoms with E-state index < -0.39 is 0 Å². The van der Waals surface area contributed by atoms with Crippen molar-refractivity contribution >= 4 is 55.1 Å². The predicted octanol–water partition coefficient (Wildman–Crippen LogP) is 3.28. The van der Waals surface area contributed by atoms with Gasteiger partial charge in [-0.15, -0.1) is 11.3 Å². The van der Waals surface area contributed by atoms with Crippen molar-refractivity contribution in [2.75, 3.05) is 23.7 Å². The number of hydrogen-bond donors (Lipinski definition) is 3. The summed E-state index contributed by atoms with van der Waals surface area (Å²) in [6, 6.07) is 7.63. The molecule has 3 aromatic rings. The molecule has 4 rings (SSSR count). The standard InChI is InChI=1S/C19H22N6O2S2/c1-11(2)20-17(27)24-19-22-13-7-8-25(9-15(13)29-19)10-16(26)23-18-21-12-5-3-4-6-14(12)28-18/h3-6,11H,7-10H2,1-2H3,(H,21,23,26)(H2,20,22,24,27). The van der Waals surface area contributed by atoms with Gasteiger partial charge in [-0.05, 0) is 26.0 Å². The molecule has 1 aliphatic rings. The van der Waals surface area contributed by atoms with Gasteiger partial charge in [0.05, 0.1) is 22.5 Å². The van der Waals surface area contributed by atoms with Gasteiger partial charge in [0.15, 0.2) is 10.3 Å². The normalized spacial score (nSPS) is 14.0. The minimum absolute atomic E-state index is 0.0639. The Morgan fingerprint density at radius 3 is 2.72 bits per heavy atom. The topological polar surface area (TPSA) is 99.3 Å². The summed E-state index contributed by atoms with van der Waals surface area (Å²) in [5.41, 5.74) is 1.89. The number of carbonyl (C=O) groups excluding carboxylic acids is 2. The fourth-order valence-electron chi connectivity index (χ4n) is 3.12. The van der Waals surface area contributed by atoms with Crippen LogP contribution in [0.25, 0.3) is 10.2 Å². The summed E-state index contributed by atoms with van der Waals surface area (Å²) in [5.74, 6) is -0.0771. The lowest BCUT2D eigenvalue weighted by molar-refractivity contribution is -0.117. The van der Waals surface area contributed by atoms with Crippen LogP contribution in [0.3, 0.4) is 0 Å². The number of benzene rings is 1. The van der Waals surface area contributed by atoms with Gasteiger partial charge in [-0.1, -0.05) is 23.5 Å². The highest BCUT2D eigenvalue weighted by atomic mass is 32.1. The van der Waals surface area contributed by atoms with E-state index in [-0.39, 0.29) is 18.0 Å². The molecule has 0 bridgehead atoms. The molecular formula is C19H22N6O2S2. The summed E-state index contributed by atoms with van der Waals surface area (Å²) in [4.78, 5) is 36.5. The van der Waals surface area contributed by atoms with E-state index in [4.69, 9.17) is 0 Å². The van der Waals surface area contributed by atoms with Gasteiger partial charge in [0.25, 0.3) is 0 Å². The number of hydrogen-bond acceptors (Lipinski definition) is 7. The van der Waals surface area contributed by atoms with Crippen LogP contribution in [0.4, 0.5) is 15.1 Å². The lowest BCUT2D eigenvalue weighted by atomic mass is 10.2. The zero-order valence-corrected chi connectivity index (χ0v) is 17.8. The number of rotatable bonds is 5. The number of anilines is 2. The Morgan fingerprint density at radius 2 is 1.93 bits per heavy atom. The highest BCUT2D eigenvalue weighted by molar-refractivity contribution is 7.22. The highest BCUT2D eigenvalue weighted by Crippen LogP contribution is 2.29. The molecule has 152 valence electrons. The molecule has 0 unspecified atom stereocenters. The smallest absolute Gasteiger partial charge is 0.321 e. The first-order valence-corrected chi connectivity index (χ1v) is 11.0. The molecule has 2 aromatic heterocycles. The predicted molar refractivity (Wildman–Crippen MR) is 117 cm³/mol. The molecule has 3 amide bonds. The molecule has 0 saturated heterocycles. The quantitative estimate of drug-likeness (QED) is 0.577. The average molecular weight is 431 g/mol. The minimum Gasteiger partial charge on any atom is -0.336 e. The van der Waals surface area contributed by atoms with Crippen molar-refractivity contribution in [3.8, 4) is 0 Å². The maximum Gasteiger partial charge on any atom is 0.321 e. The molecule has 3 N–H and O–H groups in total. The lowest BCUT2D eigenvalue weighted by Gasteiger charge is -2.24. The van der Waals surface area contributed by atoms with Crippen LogP contribution in [0.5, 0.6) is 0 Å². The molecule has 1 aliphatic heterocycles. The van der Waals surface area contributed by atoms with Crippen LogP contribution >= 0.6 is 22.7 Å². The largest absolute Gasteiger partial charge is 0.336 e. The molecule has 8 nitrogen and oxygen atoms in total. The van der Waals surface area contributed by atoms with Crippen LogP contribution in [-0.2, 0) is 17.8 Å². The maximum absolute atomic E-state index is 12.5. The van der Waals surface area contributed by atoms with Crippen molar-refractivity contribution in [3.63, 3.8) is 0 Å². The fourth-order valence-corrected chi connectivity index (χ4v) is 5.05. The van der Waals surface area contributed by atoms with E-state index >= 15 is 0 Å². The summed E-state index contributed by atoms with van der Waals surface area (Å²) >= 11 is 2.94. The van der Waals surface area contributed by atoms with Crippen LogP contribution in [0, 0.1) is 0 Å². The third-order valence-corrected chi connectivity index (χ3v) is 6.31. The van der Waals surface area contributed by atoms with Crippen LogP contribution in [0.2, 0.25) is 0 Å². The second-order valence-electron chi connectivity index (χ2n) is 7.14. The first kappa shape index (κ1) is 19.7. The van der Waals surface area contributed by atoms with Gasteiger partial charge in [0.1, 0.15) is 0 Å². The average Bonchev–Trinajstić information content (AvgIpc) is 3.22. The molecule has 3 heterocycles. The van der Waals surface area contributed by atoms with E-state index in [1.165, 1.54) is 22.7 Å². The third kappa shape index (κ3) is 4.89. The van der Waals surface area contributed by atoms with Crippen molar-refractivity contribution in [2.45, 2.75) is 32.9 Å². The van der Waals surface area contributed by atoms with Gasteiger partial charge in [0.2, 0.25) is 5.91 Å². The summed E-state index contributed by atoms with van der Waals surface area (Å²) in [7, 11) is 0. The van der Waals surface area contributed by atoms with Crippen molar-refractivity contribution in [1.29, 1.82) is 0 Å². The second-order valence-corrected chi connectivity index (χ2v) is 9.25. The van der Waals surface area contributed by atoms with Crippen LogP contribution in [-0.4, -0.2) is 45.9 Å². The van der Waals surface area contributed by atoms with E-state index in [2.05, 4.69) is 30.8 Å². The van der Waals surface area contributed by atoms with Crippen LogP contribution < -0.4 is 16.0 Å². The number of nitrogens with zero attached hydrogens (tertiary/aromatic N) is 3.